The van der Waals surface area contributed by atoms with Gasteiger partial charge in [-0.15, -0.1) is 11.3 Å². The molecule has 0 amide bonds. The third-order valence-electron chi connectivity index (χ3n) is 4.83. The van der Waals surface area contributed by atoms with Crippen molar-refractivity contribution in [2.75, 3.05) is 13.1 Å². The number of hydrogen-bond donors (Lipinski definition) is 0. The molecule has 3 nitrogen and oxygen atoms in total. The molecule has 0 N–H and O–H groups in total. The molecule has 0 radical (unpaired) electrons. The van der Waals surface area contributed by atoms with Crippen LogP contribution in [0.4, 0.5) is 0 Å². The molecule has 0 unspecified atom stereocenters. The number of fused-ring (bicyclic) bond motifs is 1. The maximum absolute atomic E-state index is 9.24. The first kappa shape index (κ1) is 16.5. The van der Waals surface area contributed by atoms with Crippen molar-refractivity contribution in [1.82, 2.24) is 9.88 Å². The highest BCUT2D eigenvalue weighted by molar-refractivity contribution is 7.18. The number of likely N-dealkylation sites (tertiary alicyclic amines) is 1. The van der Waals surface area contributed by atoms with Gasteiger partial charge in [-0.05, 0) is 55.8 Å². The Morgan fingerprint density at radius 1 is 1.20 bits per heavy atom. The highest BCUT2D eigenvalue weighted by Gasteiger charge is 2.23. The lowest BCUT2D eigenvalue weighted by molar-refractivity contribution is 0.204. The van der Waals surface area contributed by atoms with Crippen LogP contribution < -0.4 is 0 Å². The molecule has 1 aromatic heterocycles. The number of hydrogen-bond acceptors (Lipinski definition) is 4. The normalized spacial score (nSPS) is 16.2. The largest absolute Gasteiger partial charge is 0.299 e. The molecule has 0 saturated carbocycles. The summed E-state index contributed by atoms with van der Waals surface area (Å²) in [5.41, 5.74) is 2.92. The van der Waals surface area contributed by atoms with E-state index >= 15 is 0 Å². The third kappa shape index (κ3) is 3.55. The smallest absolute Gasteiger partial charge is 0.0995 e. The molecule has 126 valence electrons. The van der Waals surface area contributed by atoms with E-state index in [2.05, 4.69) is 23.1 Å². The fourth-order valence-corrected chi connectivity index (χ4v) is 4.72. The summed E-state index contributed by atoms with van der Waals surface area (Å²) in [5, 5.41) is 11.2. The van der Waals surface area contributed by atoms with Crippen LogP contribution >= 0.6 is 22.9 Å². The molecule has 2 heterocycles. The van der Waals surface area contributed by atoms with E-state index in [0.29, 0.717) is 5.92 Å². The van der Waals surface area contributed by atoms with Crippen molar-refractivity contribution in [3.8, 4) is 6.07 Å². The number of aromatic nitrogens is 1. The van der Waals surface area contributed by atoms with E-state index in [1.54, 1.807) is 11.3 Å². The molecule has 1 saturated heterocycles. The molecule has 1 aliphatic rings. The average Bonchev–Trinajstić information content (AvgIpc) is 3.06. The average molecular weight is 368 g/mol. The van der Waals surface area contributed by atoms with Crippen molar-refractivity contribution >= 4 is 33.2 Å². The van der Waals surface area contributed by atoms with Crippen molar-refractivity contribution in [3.63, 3.8) is 0 Å². The zero-order valence-corrected chi connectivity index (χ0v) is 15.4. The monoisotopic (exact) mass is 367 g/mol. The molecule has 0 atom stereocenters. The minimum atomic E-state index is 0.527. The van der Waals surface area contributed by atoms with Gasteiger partial charge in [0.05, 0.1) is 26.9 Å². The fraction of sp³-hybridized carbons (Fsp3) is 0.300. The summed E-state index contributed by atoms with van der Waals surface area (Å²) in [6.45, 7) is 2.94. The molecule has 25 heavy (non-hydrogen) atoms. The lowest BCUT2D eigenvalue weighted by Gasteiger charge is -2.31. The second-order valence-electron chi connectivity index (χ2n) is 6.48. The summed E-state index contributed by atoms with van der Waals surface area (Å²) < 4.78 is 1.21. The van der Waals surface area contributed by atoms with Gasteiger partial charge in [0.15, 0.2) is 0 Å². The Bertz CT molecular complexity index is 936. The SMILES string of the molecule is N#Cc1ccccc1CN1CCC(c2nc3cc(Cl)ccc3s2)CC1. The number of nitriles is 1. The zero-order chi connectivity index (χ0) is 17.2. The first-order valence-electron chi connectivity index (χ1n) is 8.49. The summed E-state index contributed by atoms with van der Waals surface area (Å²) in [6, 6.07) is 16.1. The van der Waals surface area contributed by atoms with E-state index in [9.17, 15) is 5.26 Å². The predicted octanol–water partition coefficient (Wildman–Crippen LogP) is 5.20. The number of nitrogens with zero attached hydrogens (tertiary/aromatic N) is 3. The number of thiazole rings is 1. The van der Waals surface area contributed by atoms with Gasteiger partial charge in [0, 0.05) is 17.5 Å². The number of benzene rings is 2. The molecule has 0 spiro atoms. The van der Waals surface area contributed by atoms with Crippen LogP contribution in [0.5, 0.6) is 0 Å². The van der Waals surface area contributed by atoms with Crippen molar-refractivity contribution in [2.45, 2.75) is 25.3 Å². The summed E-state index contributed by atoms with van der Waals surface area (Å²) in [7, 11) is 0. The standard InChI is InChI=1S/C20H18ClN3S/c21-17-5-6-19-18(11-17)23-20(25-19)14-7-9-24(10-8-14)13-16-4-2-1-3-15(16)12-22/h1-6,11,14H,7-10,13H2. The van der Waals surface area contributed by atoms with Crippen LogP contribution in [0.3, 0.4) is 0 Å². The summed E-state index contributed by atoms with van der Waals surface area (Å²) in [5.74, 6) is 0.527. The van der Waals surface area contributed by atoms with E-state index in [1.807, 2.05) is 30.3 Å². The van der Waals surface area contributed by atoms with Gasteiger partial charge in [-0.3, -0.25) is 4.90 Å². The maximum atomic E-state index is 9.24. The Labute approximate surface area is 156 Å². The molecule has 1 fully saturated rings. The van der Waals surface area contributed by atoms with E-state index in [0.717, 1.165) is 54.1 Å². The molecule has 0 bridgehead atoms. The second kappa shape index (κ2) is 7.13. The van der Waals surface area contributed by atoms with Crippen LogP contribution in [0.25, 0.3) is 10.2 Å². The second-order valence-corrected chi connectivity index (χ2v) is 7.98. The minimum absolute atomic E-state index is 0.527. The van der Waals surface area contributed by atoms with E-state index in [4.69, 9.17) is 16.6 Å². The lowest BCUT2D eigenvalue weighted by atomic mass is 9.96. The van der Waals surface area contributed by atoms with Gasteiger partial charge < -0.3 is 0 Å². The maximum Gasteiger partial charge on any atom is 0.0995 e. The Morgan fingerprint density at radius 3 is 2.80 bits per heavy atom. The molecule has 5 heteroatoms. The van der Waals surface area contributed by atoms with Crippen molar-refractivity contribution in [3.05, 3.63) is 63.6 Å². The molecular weight excluding hydrogens is 350 g/mol. The minimum Gasteiger partial charge on any atom is -0.299 e. The van der Waals surface area contributed by atoms with Gasteiger partial charge >= 0.3 is 0 Å². The third-order valence-corrected chi connectivity index (χ3v) is 6.27. The quantitative estimate of drug-likeness (QED) is 0.638. The lowest BCUT2D eigenvalue weighted by Crippen LogP contribution is -2.32. The van der Waals surface area contributed by atoms with E-state index < -0.39 is 0 Å². The van der Waals surface area contributed by atoms with Crippen molar-refractivity contribution in [2.24, 2.45) is 0 Å². The van der Waals surface area contributed by atoms with Crippen molar-refractivity contribution < 1.29 is 0 Å². The Hall–Kier alpha value is -1.93. The van der Waals surface area contributed by atoms with Crippen LogP contribution in [0.2, 0.25) is 5.02 Å². The van der Waals surface area contributed by atoms with Crippen molar-refractivity contribution in [1.29, 1.82) is 5.26 Å². The zero-order valence-electron chi connectivity index (χ0n) is 13.8. The number of rotatable bonds is 3. The van der Waals surface area contributed by atoms with Gasteiger partial charge in [-0.1, -0.05) is 29.8 Å². The first-order chi connectivity index (χ1) is 12.2. The van der Waals surface area contributed by atoms with Gasteiger partial charge in [0.2, 0.25) is 0 Å². The van der Waals surface area contributed by atoms with E-state index in [1.165, 1.54) is 9.71 Å². The molecule has 0 aliphatic carbocycles. The summed E-state index contributed by atoms with van der Waals surface area (Å²) in [4.78, 5) is 7.25. The highest BCUT2D eigenvalue weighted by Crippen LogP contribution is 2.35. The number of halogens is 1. The summed E-state index contributed by atoms with van der Waals surface area (Å²) >= 11 is 7.86. The molecule has 4 rings (SSSR count). The van der Waals surface area contributed by atoms with Crippen LogP contribution in [-0.2, 0) is 6.54 Å². The molecule has 2 aromatic carbocycles. The predicted molar refractivity (Wildman–Crippen MR) is 103 cm³/mol. The van der Waals surface area contributed by atoms with Crippen LogP contribution in [0, 0.1) is 11.3 Å². The van der Waals surface area contributed by atoms with Crippen LogP contribution in [-0.4, -0.2) is 23.0 Å². The van der Waals surface area contributed by atoms with Gasteiger partial charge in [-0.2, -0.15) is 5.26 Å². The Morgan fingerprint density at radius 2 is 2.00 bits per heavy atom. The summed E-state index contributed by atoms with van der Waals surface area (Å²) in [6.07, 6.45) is 2.23. The Kier molecular flexibility index (Phi) is 4.72. The topological polar surface area (TPSA) is 39.9 Å². The fourth-order valence-electron chi connectivity index (χ4n) is 3.44. The molecule has 3 aromatic rings. The molecular formula is C20H18ClN3S. The van der Waals surface area contributed by atoms with Gasteiger partial charge in [0.25, 0.3) is 0 Å². The Balaban J connectivity index is 1.43. The molecule has 1 aliphatic heterocycles. The van der Waals surface area contributed by atoms with Crippen LogP contribution in [0.1, 0.15) is 34.9 Å². The van der Waals surface area contributed by atoms with Gasteiger partial charge in [0.1, 0.15) is 0 Å². The van der Waals surface area contributed by atoms with Gasteiger partial charge in [-0.25, -0.2) is 4.98 Å². The number of piperidine rings is 1. The highest BCUT2D eigenvalue weighted by atomic mass is 35.5. The van der Waals surface area contributed by atoms with Crippen LogP contribution in [0.15, 0.2) is 42.5 Å². The first-order valence-corrected chi connectivity index (χ1v) is 9.69. The van der Waals surface area contributed by atoms with E-state index in [-0.39, 0.29) is 0 Å².